The van der Waals surface area contributed by atoms with Gasteiger partial charge < -0.3 is 9.73 Å². The Morgan fingerprint density at radius 2 is 2.05 bits per heavy atom. The van der Waals surface area contributed by atoms with Gasteiger partial charge in [-0.15, -0.1) is 0 Å². The van der Waals surface area contributed by atoms with Crippen molar-refractivity contribution in [1.82, 2.24) is 9.97 Å². The molecule has 4 nitrogen and oxygen atoms in total. The summed E-state index contributed by atoms with van der Waals surface area (Å²) in [4.78, 5) is 9.16. The summed E-state index contributed by atoms with van der Waals surface area (Å²) in [6, 6.07) is 3.92. The summed E-state index contributed by atoms with van der Waals surface area (Å²) in [6.45, 7) is 4.22. The first kappa shape index (κ1) is 14.3. The third kappa shape index (κ3) is 3.08. The van der Waals surface area contributed by atoms with Crippen LogP contribution in [-0.2, 0) is 12.8 Å². The van der Waals surface area contributed by atoms with Crippen LogP contribution in [0.1, 0.15) is 31.7 Å². The van der Waals surface area contributed by atoms with Crippen LogP contribution in [0.2, 0.25) is 0 Å². The molecule has 0 spiro atoms. The Morgan fingerprint density at radius 3 is 2.63 bits per heavy atom. The number of nitrogens with one attached hydrogen (secondary N) is 1. The molecule has 0 bridgehead atoms. The summed E-state index contributed by atoms with van der Waals surface area (Å²) >= 11 is 2.29. The van der Waals surface area contributed by atoms with Gasteiger partial charge in [-0.05, 0) is 41.1 Å². The van der Waals surface area contributed by atoms with Crippen molar-refractivity contribution in [1.29, 1.82) is 0 Å². The van der Waals surface area contributed by atoms with Gasteiger partial charge in [-0.1, -0.05) is 20.3 Å². The number of aryl methyl sites for hydroxylation is 2. The van der Waals surface area contributed by atoms with Gasteiger partial charge in [0.05, 0.1) is 9.26 Å². The fourth-order valence-electron chi connectivity index (χ4n) is 1.86. The first-order valence-corrected chi connectivity index (χ1v) is 7.60. The summed E-state index contributed by atoms with van der Waals surface area (Å²) in [6.07, 6.45) is 2.89. The first-order chi connectivity index (χ1) is 9.19. The van der Waals surface area contributed by atoms with Gasteiger partial charge in [0.1, 0.15) is 11.6 Å². The first-order valence-electron chi connectivity index (χ1n) is 6.52. The Morgan fingerprint density at radius 1 is 1.26 bits per heavy atom. The van der Waals surface area contributed by atoms with E-state index in [1.54, 1.807) is 0 Å². The smallest absolute Gasteiger partial charge is 0.197 e. The minimum Gasteiger partial charge on any atom is -0.458 e. The summed E-state index contributed by atoms with van der Waals surface area (Å²) in [5.41, 5.74) is 1.08. The highest BCUT2D eigenvalue weighted by Crippen LogP contribution is 2.26. The van der Waals surface area contributed by atoms with Crippen LogP contribution in [0.3, 0.4) is 0 Å². The van der Waals surface area contributed by atoms with Crippen LogP contribution in [0.15, 0.2) is 16.5 Å². The second kappa shape index (κ2) is 6.36. The Labute approximate surface area is 127 Å². The molecule has 0 unspecified atom stereocenters. The molecular weight excluding hydrogens is 353 g/mol. The van der Waals surface area contributed by atoms with Gasteiger partial charge in [0, 0.05) is 13.5 Å². The summed E-state index contributed by atoms with van der Waals surface area (Å²) < 4.78 is 6.83. The normalized spacial score (nSPS) is 10.7. The molecule has 0 aliphatic rings. The van der Waals surface area contributed by atoms with E-state index in [-0.39, 0.29) is 0 Å². The zero-order valence-electron chi connectivity index (χ0n) is 11.5. The maximum Gasteiger partial charge on any atom is 0.197 e. The second-order valence-corrected chi connectivity index (χ2v) is 5.35. The summed E-state index contributed by atoms with van der Waals surface area (Å²) in [7, 11) is 1.88. The molecule has 1 N–H and O–H groups in total. The van der Waals surface area contributed by atoms with Gasteiger partial charge in [0.15, 0.2) is 11.6 Å². The quantitative estimate of drug-likeness (QED) is 0.810. The highest BCUT2D eigenvalue weighted by atomic mass is 127. The Balaban J connectivity index is 2.47. The number of nitrogens with zero attached hydrogens (tertiary/aromatic N) is 2. The molecule has 0 radical (unpaired) electrons. The predicted octanol–water partition coefficient (Wildman–Crippen LogP) is 3.90. The lowest BCUT2D eigenvalue weighted by Crippen LogP contribution is -2.05. The van der Waals surface area contributed by atoms with Crippen molar-refractivity contribution in [2.45, 2.75) is 33.1 Å². The topological polar surface area (TPSA) is 51.0 Å². The largest absolute Gasteiger partial charge is 0.458 e. The van der Waals surface area contributed by atoms with Crippen molar-refractivity contribution in [2.75, 3.05) is 12.4 Å². The van der Waals surface area contributed by atoms with Crippen molar-refractivity contribution in [3.8, 4) is 11.6 Å². The van der Waals surface area contributed by atoms with Gasteiger partial charge in [-0.25, -0.2) is 9.97 Å². The molecule has 102 valence electrons. The number of rotatable bonds is 5. The average molecular weight is 371 g/mol. The third-order valence-electron chi connectivity index (χ3n) is 2.87. The highest BCUT2D eigenvalue weighted by Gasteiger charge is 2.14. The zero-order valence-corrected chi connectivity index (χ0v) is 13.6. The molecule has 2 heterocycles. The van der Waals surface area contributed by atoms with Crippen LogP contribution in [-0.4, -0.2) is 17.0 Å². The fourth-order valence-corrected chi connectivity index (χ4v) is 2.64. The molecule has 2 aromatic heterocycles. The van der Waals surface area contributed by atoms with Crippen LogP contribution in [0.4, 0.5) is 5.82 Å². The minimum absolute atomic E-state index is 0.660. The van der Waals surface area contributed by atoms with Crippen molar-refractivity contribution in [2.24, 2.45) is 0 Å². The average Bonchev–Trinajstić information content (AvgIpc) is 2.90. The van der Waals surface area contributed by atoms with E-state index in [0.29, 0.717) is 5.82 Å². The molecule has 0 atom stereocenters. The van der Waals surface area contributed by atoms with Gasteiger partial charge in [0.2, 0.25) is 0 Å². The van der Waals surface area contributed by atoms with Crippen LogP contribution >= 0.6 is 22.6 Å². The molecule has 2 rings (SSSR count). The molecule has 0 aromatic carbocycles. The lowest BCUT2D eigenvalue weighted by Gasteiger charge is -2.09. The molecule has 0 fully saturated rings. The highest BCUT2D eigenvalue weighted by molar-refractivity contribution is 14.1. The number of hydrogen-bond acceptors (Lipinski definition) is 4. The lowest BCUT2D eigenvalue weighted by atomic mass is 10.2. The second-order valence-electron chi connectivity index (χ2n) is 4.28. The van der Waals surface area contributed by atoms with Crippen molar-refractivity contribution in [3.05, 3.63) is 27.2 Å². The van der Waals surface area contributed by atoms with Crippen LogP contribution < -0.4 is 5.32 Å². The minimum atomic E-state index is 0.660. The van der Waals surface area contributed by atoms with Crippen LogP contribution in [0, 0.1) is 3.57 Å². The van der Waals surface area contributed by atoms with E-state index in [1.807, 2.05) is 19.2 Å². The molecule has 5 heteroatoms. The molecule has 2 aromatic rings. The maximum atomic E-state index is 5.74. The van der Waals surface area contributed by atoms with Crippen molar-refractivity contribution in [3.63, 3.8) is 0 Å². The molecular formula is C14H18IN3O. The van der Waals surface area contributed by atoms with E-state index in [0.717, 1.165) is 45.9 Å². The lowest BCUT2D eigenvalue weighted by molar-refractivity contribution is 0.525. The fraction of sp³-hybridized carbons (Fsp3) is 0.429. The van der Waals surface area contributed by atoms with Crippen LogP contribution in [0.5, 0.6) is 0 Å². The van der Waals surface area contributed by atoms with E-state index in [1.165, 1.54) is 0 Å². The zero-order chi connectivity index (χ0) is 13.8. The Hall–Kier alpha value is -1.11. The van der Waals surface area contributed by atoms with E-state index >= 15 is 0 Å². The van der Waals surface area contributed by atoms with E-state index in [4.69, 9.17) is 4.42 Å². The third-order valence-corrected chi connectivity index (χ3v) is 4.01. The van der Waals surface area contributed by atoms with Crippen LogP contribution in [0.25, 0.3) is 11.6 Å². The van der Waals surface area contributed by atoms with E-state index in [9.17, 15) is 0 Å². The van der Waals surface area contributed by atoms with Gasteiger partial charge in [-0.3, -0.25) is 0 Å². The number of halogens is 1. The molecule has 19 heavy (non-hydrogen) atoms. The SMILES string of the molecule is CCCc1nc(-c2ccc(CC)o2)nc(NC)c1I. The number of anilines is 1. The monoisotopic (exact) mass is 371 g/mol. The van der Waals surface area contributed by atoms with Gasteiger partial charge >= 0.3 is 0 Å². The maximum absolute atomic E-state index is 5.74. The predicted molar refractivity (Wildman–Crippen MR) is 85.4 cm³/mol. The van der Waals surface area contributed by atoms with E-state index in [2.05, 4.69) is 51.7 Å². The Bertz CT molecular complexity index is 566. The molecule has 0 aliphatic carbocycles. The van der Waals surface area contributed by atoms with Gasteiger partial charge in [-0.2, -0.15) is 0 Å². The molecule has 0 aliphatic heterocycles. The standard InChI is InChI=1S/C14H18IN3O/c1-4-6-10-12(15)14(16-3)18-13(17-10)11-8-7-9(5-2)19-11/h7-8H,4-6H2,1-3H3,(H,16,17,18). The number of aromatic nitrogens is 2. The Kier molecular flexibility index (Phi) is 4.79. The number of hydrogen-bond donors (Lipinski definition) is 1. The van der Waals surface area contributed by atoms with Crippen molar-refractivity contribution < 1.29 is 4.42 Å². The number of furan rings is 1. The summed E-state index contributed by atoms with van der Waals surface area (Å²) in [5, 5.41) is 3.12. The van der Waals surface area contributed by atoms with E-state index < -0.39 is 0 Å². The summed E-state index contributed by atoms with van der Waals surface area (Å²) in [5.74, 6) is 3.22. The molecule has 0 saturated heterocycles. The molecule has 0 amide bonds. The van der Waals surface area contributed by atoms with Crippen molar-refractivity contribution >= 4 is 28.4 Å². The molecule has 0 saturated carbocycles. The van der Waals surface area contributed by atoms with Gasteiger partial charge in [0.25, 0.3) is 0 Å².